The van der Waals surface area contributed by atoms with Crippen LogP contribution in [-0.2, 0) is 0 Å². The molecule has 0 fully saturated rings. The van der Waals surface area contributed by atoms with Crippen LogP contribution in [0.5, 0.6) is 5.75 Å². The second-order valence-electron chi connectivity index (χ2n) is 5.94. The number of nitrogens with zero attached hydrogens (tertiary/aromatic N) is 1. The third kappa shape index (κ3) is 4.37. The molecule has 0 aliphatic rings. The summed E-state index contributed by atoms with van der Waals surface area (Å²) in [6.07, 6.45) is 0. The van der Waals surface area contributed by atoms with Crippen molar-refractivity contribution in [2.24, 2.45) is 0 Å². The van der Waals surface area contributed by atoms with Gasteiger partial charge in [-0.15, -0.1) is 0 Å². The van der Waals surface area contributed by atoms with Gasteiger partial charge in [-0.05, 0) is 50.3 Å². The van der Waals surface area contributed by atoms with Crippen molar-refractivity contribution in [1.29, 1.82) is 0 Å². The Labute approximate surface area is 169 Å². The van der Waals surface area contributed by atoms with E-state index in [0.717, 1.165) is 22.2 Å². The van der Waals surface area contributed by atoms with Crippen molar-refractivity contribution in [2.75, 3.05) is 13.2 Å². The van der Waals surface area contributed by atoms with Crippen molar-refractivity contribution in [3.05, 3.63) is 60.2 Å². The number of benzene rings is 2. The second-order valence-corrected chi connectivity index (χ2v) is 6.35. The molecule has 7 heteroatoms. The highest BCUT2D eigenvalue weighted by molar-refractivity contribution is 7.80. The van der Waals surface area contributed by atoms with Crippen LogP contribution < -0.4 is 20.9 Å². The molecule has 1 amide bonds. The minimum atomic E-state index is -0.297. The lowest BCUT2D eigenvalue weighted by Crippen LogP contribution is -2.46. The number of ether oxygens (including phenoxy) is 1. The number of hydrazine groups is 1. The van der Waals surface area contributed by atoms with Gasteiger partial charge in [-0.25, -0.2) is 4.98 Å². The standard InChI is InChI=1S/C21H22N4O2S/c1-3-22-21(28)25-24-20(26)16-13-18(23-17-11-7-5-9-14(16)17)15-10-6-8-12-19(15)27-4-2/h5-13H,3-4H2,1-2H3,(H,24,26)(H2,22,25,28). The molecule has 3 aromatic rings. The molecule has 28 heavy (non-hydrogen) atoms. The van der Waals surface area contributed by atoms with E-state index in [9.17, 15) is 4.79 Å². The number of nitrogens with one attached hydrogen (secondary N) is 3. The van der Waals surface area contributed by atoms with Crippen molar-refractivity contribution in [3.63, 3.8) is 0 Å². The third-order valence-corrected chi connectivity index (χ3v) is 4.30. The van der Waals surface area contributed by atoms with Crippen LogP contribution >= 0.6 is 12.2 Å². The summed E-state index contributed by atoms with van der Waals surface area (Å²) in [5.74, 6) is 0.430. The molecule has 0 saturated heterocycles. The minimum absolute atomic E-state index is 0.297. The normalized spacial score (nSPS) is 10.4. The number of rotatable bonds is 5. The maximum atomic E-state index is 12.8. The summed E-state index contributed by atoms with van der Waals surface area (Å²) < 4.78 is 5.73. The lowest BCUT2D eigenvalue weighted by molar-refractivity contribution is 0.0945. The number of para-hydroxylation sites is 2. The van der Waals surface area contributed by atoms with Crippen LogP contribution in [0.1, 0.15) is 24.2 Å². The van der Waals surface area contributed by atoms with Crippen LogP contribution in [0, 0.1) is 0 Å². The summed E-state index contributed by atoms with van der Waals surface area (Å²) in [5, 5.41) is 4.04. The molecule has 0 unspecified atom stereocenters. The zero-order chi connectivity index (χ0) is 19.9. The van der Waals surface area contributed by atoms with Crippen molar-refractivity contribution < 1.29 is 9.53 Å². The van der Waals surface area contributed by atoms with Crippen LogP contribution in [0.2, 0.25) is 0 Å². The van der Waals surface area contributed by atoms with E-state index in [-0.39, 0.29) is 5.91 Å². The maximum absolute atomic E-state index is 12.8. The van der Waals surface area contributed by atoms with Crippen LogP contribution in [0.3, 0.4) is 0 Å². The summed E-state index contributed by atoms with van der Waals surface area (Å²) in [6.45, 7) is 5.07. The molecule has 0 saturated carbocycles. The van der Waals surface area contributed by atoms with Gasteiger partial charge in [0.15, 0.2) is 5.11 Å². The van der Waals surface area contributed by atoms with Crippen LogP contribution in [-0.4, -0.2) is 29.2 Å². The van der Waals surface area contributed by atoms with E-state index in [2.05, 4.69) is 16.2 Å². The fourth-order valence-corrected chi connectivity index (χ4v) is 3.04. The molecule has 0 bridgehead atoms. The van der Waals surface area contributed by atoms with Gasteiger partial charge < -0.3 is 10.1 Å². The Hall–Kier alpha value is -3.19. The number of amides is 1. The molecule has 6 nitrogen and oxygen atoms in total. The zero-order valence-corrected chi connectivity index (χ0v) is 16.6. The van der Waals surface area contributed by atoms with Gasteiger partial charge in [0.1, 0.15) is 5.75 Å². The number of hydrogen-bond acceptors (Lipinski definition) is 4. The lowest BCUT2D eigenvalue weighted by atomic mass is 10.0. The quantitative estimate of drug-likeness (QED) is 0.455. The average molecular weight is 395 g/mol. The number of pyridine rings is 1. The number of carbonyl (C=O) groups is 1. The molecule has 3 N–H and O–H groups in total. The van der Waals surface area contributed by atoms with Crippen molar-refractivity contribution in [3.8, 4) is 17.0 Å². The number of aromatic nitrogens is 1. The van der Waals surface area contributed by atoms with Gasteiger partial charge in [0.2, 0.25) is 0 Å². The Kier molecular flexibility index (Phi) is 6.39. The number of thiocarbonyl (C=S) groups is 1. The SMILES string of the molecule is CCNC(=S)NNC(=O)c1cc(-c2ccccc2OCC)nc2ccccc12. The van der Waals surface area contributed by atoms with E-state index in [1.165, 1.54) is 0 Å². The van der Waals surface area contributed by atoms with Crippen LogP contribution in [0.25, 0.3) is 22.2 Å². The van der Waals surface area contributed by atoms with Gasteiger partial charge >= 0.3 is 0 Å². The van der Waals surface area contributed by atoms with Gasteiger partial charge in [-0.1, -0.05) is 30.3 Å². The first kappa shape index (κ1) is 19.6. The molecule has 144 valence electrons. The highest BCUT2D eigenvalue weighted by Crippen LogP contribution is 2.31. The molecular formula is C21H22N4O2S. The first-order chi connectivity index (χ1) is 13.6. The van der Waals surface area contributed by atoms with Gasteiger partial charge in [0, 0.05) is 17.5 Å². The predicted molar refractivity (Wildman–Crippen MR) is 115 cm³/mol. The van der Waals surface area contributed by atoms with E-state index >= 15 is 0 Å². The zero-order valence-electron chi connectivity index (χ0n) is 15.8. The molecule has 0 spiro atoms. The molecule has 0 aliphatic heterocycles. The minimum Gasteiger partial charge on any atom is -0.493 e. The predicted octanol–water partition coefficient (Wildman–Crippen LogP) is 3.43. The fourth-order valence-electron chi connectivity index (χ4n) is 2.85. The molecule has 1 aromatic heterocycles. The van der Waals surface area contributed by atoms with E-state index < -0.39 is 0 Å². The van der Waals surface area contributed by atoms with Crippen molar-refractivity contribution >= 4 is 34.1 Å². The summed E-state index contributed by atoms with van der Waals surface area (Å²) in [7, 11) is 0. The second kappa shape index (κ2) is 9.14. The average Bonchev–Trinajstić information content (AvgIpc) is 2.72. The Bertz CT molecular complexity index is 1010. The van der Waals surface area contributed by atoms with E-state index in [0.29, 0.717) is 29.5 Å². The molecule has 0 aliphatic carbocycles. The fraction of sp³-hybridized carbons (Fsp3) is 0.190. The molecule has 0 atom stereocenters. The summed E-state index contributed by atoms with van der Waals surface area (Å²) >= 11 is 5.10. The molecule has 0 radical (unpaired) electrons. The van der Waals surface area contributed by atoms with Crippen molar-refractivity contribution in [2.45, 2.75) is 13.8 Å². The topological polar surface area (TPSA) is 75.3 Å². The van der Waals surface area contributed by atoms with Gasteiger partial charge in [0.05, 0.1) is 23.4 Å². The summed E-state index contributed by atoms with van der Waals surface area (Å²) in [5.41, 5.74) is 8.08. The first-order valence-corrected chi connectivity index (χ1v) is 9.51. The Balaban J connectivity index is 2.03. The lowest BCUT2D eigenvalue weighted by Gasteiger charge is -2.14. The Morgan fingerprint density at radius 1 is 1.07 bits per heavy atom. The smallest absolute Gasteiger partial charge is 0.270 e. The maximum Gasteiger partial charge on any atom is 0.270 e. The Morgan fingerprint density at radius 2 is 1.82 bits per heavy atom. The molecular weight excluding hydrogens is 372 g/mol. The monoisotopic (exact) mass is 394 g/mol. The molecule has 2 aromatic carbocycles. The number of carbonyl (C=O) groups excluding carboxylic acids is 1. The van der Waals surface area contributed by atoms with E-state index in [4.69, 9.17) is 21.9 Å². The largest absolute Gasteiger partial charge is 0.493 e. The highest BCUT2D eigenvalue weighted by atomic mass is 32.1. The molecule has 1 heterocycles. The Morgan fingerprint density at radius 3 is 2.61 bits per heavy atom. The molecule has 3 rings (SSSR count). The van der Waals surface area contributed by atoms with Gasteiger partial charge in [0.25, 0.3) is 5.91 Å². The first-order valence-electron chi connectivity index (χ1n) is 9.10. The van der Waals surface area contributed by atoms with E-state index in [1.807, 2.05) is 62.4 Å². The van der Waals surface area contributed by atoms with Crippen LogP contribution in [0.4, 0.5) is 0 Å². The highest BCUT2D eigenvalue weighted by Gasteiger charge is 2.16. The van der Waals surface area contributed by atoms with Crippen molar-refractivity contribution in [1.82, 2.24) is 21.2 Å². The van der Waals surface area contributed by atoms with E-state index in [1.54, 1.807) is 6.07 Å². The van der Waals surface area contributed by atoms with Gasteiger partial charge in [-0.3, -0.25) is 15.6 Å². The number of fused-ring (bicyclic) bond motifs is 1. The summed E-state index contributed by atoms with van der Waals surface area (Å²) in [6, 6.07) is 17.0. The van der Waals surface area contributed by atoms with Gasteiger partial charge in [-0.2, -0.15) is 0 Å². The number of hydrogen-bond donors (Lipinski definition) is 3. The third-order valence-electron chi connectivity index (χ3n) is 4.05. The summed E-state index contributed by atoms with van der Waals surface area (Å²) in [4.78, 5) is 17.6. The van der Waals surface area contributed by atoms with Crippen LogP contribution in [0.15, 0.2) is 54.6 Å².